The minimum Gasteiger partial charge on any atom is -0.453 e. The summed E-state index contributed by atoms with van der Waals surface area (Å²) in [7, 11) is 0. The Kier molecular flexibility index (Phi) is 7.20. The normalized spacial score (nSPS) is 9.81. The van der Waals surface area contributed by atoms with Gasteiger partial charge in [-0.3, -0.25) is 0 Å². The molecule has 1 N–H and O–H groups in total. The average Bonchev–Trinajstić information content (AvgIpc) is 2.52. The number of hydrogen-bond donors (Lipinski definition) is 1. The fourth-order valence-electron chi connectivity index (χ4n) is 1.86. The van der Waals surface area contributed by atoms with Crippen molar-refractivity contribution in [1.29, 1.82) is 0 Å². The lowest BCUT2D eigenvalue weighted by molar-refractivity contribution is 0.280. The Balaban J connectivity index is 0.00000106. The van der Waals surface area contributed by atoms with Gasteiger partial charge in [-0.2, -0.15) is 0 Å². The highest BCUT2D eigenvalue weighted by Crippen LogP contribution is 2.32. The molecule has 2 aromatic carbocycles. The molecule has 0 aliphatic carbocycles. The molecule has 0 heterocycles. The molecule has 0 atom stereocenters. The van der Waals surface area contributed by atoms with E-state index in [0.717, 1.165) is 17.5 Å². The number of rotatable bonds is 4. The maximum absolute atomic E-state index is 13.6. The van der Waals surface area contributed by atoms with E-state index in [1.54, 1.807) is 18.2 Å². The van der Waals surface area contributed by atoms with Gasteiger partial charge in [0.2, 0.25) is 0 Å². The van der Waals surface area contributed by atoms with Crippen molar-refractivity contribution in [2.24, 2.45) is 0 Å². The molecule has 21 heavy (non-hydrogen) atoms. The van der Waals surface area contributed by atoms with Crippen LogP contribution in [-0.2, 0) is 13.0 Å². The molecule has 0 radical (unpaired) electrons. The number of aryl methyl sites for hydroxylation is 1. The molecular formula is C17H20ClFO2. The van der Waals surface area contributed by atoms with Gasteiger partial charge in [0.1, 0.15) is 5.75 Å². The van der Waals surface area contributed by atoms with Crippen molar-refractivity contribution in [1.82, 2.24) is 0 Å². The zero-order chi connectivity index (χ0) is 15.8. The number of aliphatic hydroxyl groups excluding tert-OH is 1. The number of hydrogen-bond acceptors (Lipinski definition) is 2. The summed E-state index contributed by atoms with van der Waals surface area (Å²) < 4.78 is 19.1. The van der Waals surface area contributed by atoms with Gasteiger partial charge in [-0.25, -0.2) is 4.39 Å². The van der Waals surface area contributed by atoms with Crippen LogP contribution in [0.4, 0.5) is 4.39 Å². The zero-order valence-electron chi connectivity index (χ0n) is 12.5. The van der Waals surface area contributed by atoms with Gasteiger partial charge < -0.3 is 9.84 Å². The lowest BCUT2D eigenvalue weighted by Crippen LogP contribution is -1.95. The SMILES string of the molecule is CC.CCc1ccc(Oc2c(F)cccc2Cl)cc1CO. The van der Waals surface area contributed by atoms with Crippen molar-refractivity contribution >= 4 is 11.6 Å². The predicted molar refractivity (Wildman–Crippen MR) is 84.6 cm³/mol. The molecule has 2 rings (SSSR count). The molecule has 2 nitrogen and oxygen atoms in total. The highest BCUT2D eigenvalue weighted by Gasteiger charge is 2.10. The van der Waals surface area contributed by atoms with Gasteiger partial charge >= 0.3 is 0 Å². The minimum atomic E-state index is -0.516. The minimum absolute atomic E-state index is 0.00250. The van der Waals surface area contributed by atoms with E-state index in [2.05, 4.69) is 0 Å². The van der Waals surface area contributed by atoms with E-state index >= 15 is 0 Å². The highest BCUT2D eigenvalue weighted by molar-refractivity contribution is 6.32. The van der Waals surface area contributed by atoms with Gasteiger partial charge in [0.25, 0.3) is 0 Å². The predicted octanol–water partition coefficient (Wildman–Crippen LogP) is 5.35. The van der Waals surface area contributed by atoms with Crippen LogP contribution in [0.5, 0.6) is 11.5 Å². The Bertz CT molecular complexity index is 565. The molecule has 114 valence electrons. The molecule has 0 unspecified atom stereocenters. The van der Waals surface area contributed by atoms with Crippen LogP contribution in [-0.4, -0.2) is 5.11 Å². The summed E-state index contributed by atoms with van der Waals surface area (Å²) in [6.07, 6.45) is 0.816. The van der Waals surface area contributed by atoms with E-state index < -0.39 is 5.82 Å². The monoisotopic (exact) mass is 310 g/mol. The topological polar surface area (TPSA) is 29.5 Å². The second-order valence-corrected chi connectivity index (χ2v) is 4.50. The van der Waals surface area contributed by atoms with E-state index in [4.69, 9.17) is 16.3 Å². The van der Waals surface area contributed by atoms with Crippen molar-refractivity contribution < 1.29 is 14.2 Å². The zero-order valence-corrected chi connectivity index (χ0v) is 13.2. The van der Waals surface area contributed by atoms with Crippen LogP contribution < -0.4 is 4.74 Å². The lowest BCUT2D eigenvalue weighted by atomic mass is 10.1. The van der Waals surface area contributed by atoms with Crippen LogP contribution in [0.25, 0.3) is 0 Å². The molecule has 2 aromatic rings. The van der Waals surface area contributed by atoms with Crippen molar-refractivity contribution in [3.05, 3.63) is 58.4 Å². The van der Waals surface area contributed by atoms with Gasteiger partial charge in [0, 0.05) is 0 Å². The maximum atomic E-state index is 13.6. The van der Waals surface area contributed by atoms with Crippen molar-refractivity contribution in [3.8, 4) is 11.5 Å². The smallest absolute Gasteiger partial charge is 0.181 e. The van der Waals surface area contributed by atoms with Gasteiger partial charge in [-0.15, -0.1) is 0 Å². The first kappa shape index (κ1) is 17.5. The summed E-state index contributed by atoms with van der Waals surface area (Å²) in [5, 5.41) is 9.51. The molecule has 0 amide bonds. The molecule has 0 spiro atoms. The summed E-state index contributed by atoms with van der Waals surface area (Å²) in [6, 6.07) is 9.66. The average molecular weight is 311 g/mol. The largest absolute Gasteiger partial charge is 0.453 e. The fourth-order valence-corrected chi connectivity index (χ4v) is 2.06. The van der Waals surface area contributed by atoms with Crippen molar-refractivity contribution in [2.75, 3.05) is 0 Å². The van der Waals surface area contributed by atoms with E-state index in [1.807, 2.05) is 26.8 Å². The van der Waals surface area contributed by atoms with Crippen LogP contribution in [0, 0.1) is 5.82 Å². The van der Waals surface area contributed by atoms with Crippen LogP contribution in [0.15, 0.2) is 36.4 Å². The highest BCUT2D eigenvalue weighted by atomic mass is 35.5. The van der Waals surface area contributed by atoms with E-state index in [9.17, 15) is 9.50 Å². The number of benzene rings is 2. The van der Waals surface area contributed by atoms with Gasteiger partial charge in [-0.1, -0.05) is 44.5 Å². The van der Waals surface area contributed by atoms with Crippen LogP contribution in [0.1, 0.15) is 31.9 Å². The summed E-state index contributed by atoms with van der Waals surface area (Å²) >= 11 is 5.90. The maximum Gasteiger partial charge on any atom is 0.181 e. The summed E-state index contributed by atoms with van der Waals surface area (Å²) in [5.74, 6) is -0.0665. The summed E-state index contributed by atoms with van der Waals surface area (Å²) in [6.45, 7) is 5.92. The Hall–Kier alpha value is -1.58. The third kappa shape index (κ3) is 4.45. The quantitative estimate of drug-likeness (QED) is 0.824. The molecule has 0 aliphatic rings. The Labute approximate surface area is 130 Å². The molecule has 0 saturated carbocycles. The Morgan fingerprint density at radius 2 is 1.86 bits per heavy atom. The van der Waals surface area contributed by atoms with Crippen LogP contribution >= 0.6 is 11.6 Å². The fraction of sp³-hybridized carbons (Fsp3) is 0.294. The second-order valence-electron chi connectivity index (χ2n) is 4.10. The van der Waals surface area contributed by atoms with Crippen LogP contribution in [0.2, 0.25) is 5.02 Å². The Morgan fingerprint density at radius 1 is 1.14 bits per heavy atom. The molecule has 0 aromatic heterocycles. The number of halogens is 2. The van der Waals surface area contributed by atoms with Gasteiger partial charge in [-0.05, 0) is 41.8 Å². The number of aliphatic hydroxyl groups is 1. The first-order valence-electron chi connectivity index (χ1n) is 7.00. The molecule has 0 aliphatic heterocycles. The standard InChI is InChI=1S/C15H14ClFO2.C2H6/c1-2-10-6-7-12(8-11(10)9-18)19-15-13(16)4-3-5-14(15)17;1-2/h3-8,18H,2,9H2,1H3;1-2H3. The van der Waals surface area contributed by atoms with E-state index in [0.29, 0.717) is 5.75 Å². The molecule has 0 bridgehead atoms. The van der Waals surface area contributed by atoms with E-state index in [-0.39, 0.29) is 17.4 Å². The number of para-hydroxylation sites is 1. The first-order chi connectivity index (χ1) is 10.2. The Morgan fingerprint density at radius 3 is 2.43 bits per heavy atom. The first-order valence-corrected chi connectivity index (χ1v) is 7.38. The molecular weight excluding hydrogens is 291 g/mol. The number of ether oxygens (including phenoxy) is 1. The summed E-state index contributed by atoms with van der Waals surface area (Å²) in [5.41, 5.74) is 1.81. The van der Waals surface area contributed by atoms with Crippen molar-refractivity contribution in [2.45, 2.75) is 33.8 Å². The van der Waals surface area contributed by atoms with Gasteiger partial charge in [0.15, 0.2) is 11.6 Å². The van der Waals surface area contributed by atoms with Crippen LogP contribution in [0.3, 0.4) is 0 Å². The van der Waals surface area contributed by atoms with E-state index in [1.165, 1.54) is 12.1 Å². The third-order valence-electron chi connectivity index (χ3n) is 2.87. The van der Waals surface area contributed by atoms with Crippen molar-refractivity contribution in [3.63, 3.8) is 0 Å². The molecule has 0 saturated heterocycles. The summed E-state index contributed by atoms with van der Waals surface area (Å²) in [4.78, 5) is 0. The second kappa shape index (κ2) is 8.65. The van der Waals surface area contributed by atoms with Gasteiger partial charge in [0.05, 0.1) is 11.6 Å². The lowest BCUT2D eigenvalue weighted by Gasteiger charge is -2.11. The molecule has 0 fully saturated rings. The third-order valence-corrected chi connectivity index (χ3v) is 3.17. The molecule has 4 heteroatoms.